The summed E-state index contributed by atoms with van der Waals surface area (Å²) < 4.78 is 0. The number of hydrogen-bond donors (Lipinski definition) is 0. The summed E-state index contributed by atoms with van der Waals surface area (Å²) in [6.07, 6.45) is 15.7. The van der Waals surface area contributed by atoms with Gasteiger partial charge in [0.15, 0.2) is 0 Å². The van der Waals surface area contributed by atoms with E-state index in [1.54, 1.807) is 69.8 Å². The van der Waals surface area contributed by atoms with Crippen molar-refractivity contribution in [2.75, 3.05) is 0 Å². The van der Waals surface area contributed by atoms with Crippen molar-refractivity contribution in [2.45, 2.75) is 121 Å². The van der Waals surface area contributed by atoms with E-state index < -0.39 is 0 Å². The number of hydrogen-bond acceptors (Lipinski definition) is 0. The van der Waals surface area contributed by atoms with E-state index in [1.807, 2.05) is 0 Å². The van der Waals surface area contributed by atoms with Gasteiger partial charge in [-0.25, -0.2) is 0 Å². The molecule has 8 saturated carbocycles. The standard InChI is InChI=1S/C35H54P2/c1-32(2,3)29-25-12-22-13-26(29)19-34(16-22,18-25)36-31(24-10-8-7-9-11-24)37-35-17-23-14-27(20-35)30(33(4,5)6)28(15-23)21-35/h7-11,22-23,25-31,36-37H,12-21H2,1-6H3. The first kappa shape index (κ1) is 26.0. The zero-order valence-electron chi connectivity index (χ0n) is 24.7. The van der Waals surface area contributed by atoms with Crippen LogP contribution in [-0.4, -0.2) is 10.3 Å². The minimum absolute atomic E-state index is 0.496. The summed E-state index contributed by atoms with van der Waals surface area (Å²) in [5.41, 5.74) is 2.71. The van der Waals surface area contributed by atoms with E-state index in [0.29, 0.717) is 21.1 Å². The highest BCUT2D eigenvalue weighted by molar-refractivity contribution is 7.58. The van der Waals surface area contributed by atoms with E-state index in [-0.39, 0.29) is 0 Å². The van der Waals surface area contributed by atoms with Crippen LogP contribution in [0.15, 0.2) is 30.3 Å². The van der Waals surface area contributed by atoms with E-state index in [9.17, 15) is 0 Å². The first-order valence-electron chi connectivity index (χ1n) is 16.0. The van der Waals surface area contributed by atoms with Crippen LogP contribution in [0.25, 0.3) is 0 Å². The van der Waals surface area contributed by atoms with Gasteiger partial charge in [-0.1, -0.05) is 71.9 Å². The van der Waals surface area contributed by atoms with E-state index in [0.717, 1.165) is 52.7 Å². The molecule has 8 aliphatic carbocycles. The Kier molecular flexibility index (Phi) is 6.18. The molecule has 0 N–H and O–H groups in total. The molecule has 37 heavy (non-hydrogen) atoms. The molecule has 8 fully saturated rings. The number of benzene rings is 1. The van der Waals surface area contributed by atoms with Gasteiger partial charge in [-0.3, -0.25) is 0 Å². The molecule has 0 spiro atoms. The molecule has 0 radical (unpaired) electrons. The van der Waals surface area contributed by atoms with Gasteiger partial charge in [-0.2, -0.15) is 0 Å². The van der Waals surface area contributed by atoms with Gasteiger partial charge in [0.1, 0.15) is 0 Å². The zero-order valence-corrected chi connectivity index (χ0v) is 26.7. The van der Waals surface area contributed by atoms with Crippen LogP contribution in [0, 0.1) is 58.2 Å². The maximum atomic E-state index is 2.56. The highest BCUT2D eigenvalue weighted by Crippen LogP contribution is 2.75. The van der Waals surface area contributed by atoms with Crippen molar-refractivity contribution >= 4 is 17.2 Å². The van der Waals surface area contributed by atoms with Crippen molar-refractivity contribution in [1.29, 1.82) is 0 Å². The Labute approximate surface area is 232 Å². The van der Waals surface area contributed by atoms with Gasteiger partial charge < -0.3 is 0 Å². The fraction of sp³-hybridized carbons (Fsp3) is 0.829. The molecule has 0 aromatic heterocycles. The SMILES string of the molecule is CC(C)(C)C1C2CC3CC1CC(PC(PC14CC5CC(C1)C(C(C)(C)C)C(C5)C4)c1ccccc1)(C3)C2. The molecule has 0 nitrogen and oxygen atoms in total. The van der Waals surface area contributed by atoms with E-state index in [4.69, 9.17) is 0 Å². The molecule has 8 bridgehead atoms. The third-order valence-electron chi connectivity index (χ3n) is 12.6. The summed E-state index contributed by atoms with van der Waals surface area (Å²) in [4.78, 5) is 0. The molecule has 0 aliphatic heterocycles. The lowest BCUT2D eigenvalue weighted by Gasteiger charge is -2.65. The van der Waals surface area contributed by atoms with Gasteiger partial charge in [0.25, 0.3) is 0 Å². The van der Waals surface area contributed by atoms with E-state index in [1.165, 1.54) is 17.2 Å². The van der Waals surface area contributed by atoms with Gasteiger partial charge in [0, 0.05) is 5.40 Å². The summed E-state index contributed by atoms with van der Waals surface area (Å²) in [5, 5.41) is 2.21. The Morgan fingerprint density at radius 1 is 0.595 bits per heavy atom. The molecule has 0 saturated heterocycles. The van der Waals surface area contributed by atoms with E-state index >= 15 is 0 Å². The first-order chi connectivity index (χ1) is 17.4. The molecule has 8 aliphatic rings. The highest BCUT2D eigenvalue weighted by atomic mass is 31.1. The predicted molar refractivity (Wildman–Crippen MR) is 164 cm³/mol. The van der Waals surface area contributed by atoms with Gasteiger partial charge >= 0.3 is 0 Å². The van der Waals surface area contributed by atoms with Crippen LogP contribution < -0.4 is 0 Å². The largest absolute Gasteiger partial charge is 0.104 e. The van der Waals surface area contributed by atoms with Crippen LogP contribution >= 0.6 is 17.2 Å². The Bertz CT molecular complexity index is 904. The van der Waals surface area contributed by atoms with Gasteiger partial charge in [-0.15, -0.1) is 17.2 Å². The molecule has 0 heterocycles. The third-order valence-corrected chi connectivity index (χ3v) is 17.1. The summed E-state index contributed by atoms with van der Waals surface area (Å²) in [5.74, 6) is 8.15. The topological polar surface area (TPSA) is 0 Å². The Balaban J connectivity index is 1.17. The summed E-state index contributed by atoms with van der Waals surface area (Å²) in [7, 11) is 2.35. The van der Waals surface area contributed by atoms with Crippen molar-refractivity contribution in [1.82, 2.24) is 0 Å². The summed E-state index contributed by atoms with van der Waals surface area (Å²) in [6.45, 7) is 15.3. The van der Waals surface area contributed by atoms with Crippen LogP contribution in [0.3, 0.4) is 0 Å². The molecular weight excluding hydrogens is 482 g/mol. The molecule has 6 atom stereocenters. The van der Waals surface area contributed by atoms with Crippen molar-refractivity contribution in [3.63, 3.8) is 0 Å². The van der Waals surface area contributed by atoms with Crippen LogP contribution in [0.5, 0.6) is 0 Å². The number of rotatable bonds is 5. The Morgan fingerprint density at radius 3 is 1.32 bits per heavy atom. The van der Waals surface area contributed by atoms with Crippen LogP contribution in [0.4, 0.5) is 0 Å². The maximum absolute atomic E-state index is 2.56. The van der Waals surface area contributed by atoms with Crippen molar-refractivity contribution in [3.8, 4) is 0 Å². The minimum atomic E-state index is 0.496. The molecule has 2 heteroatoms. The van der Waals surface area contributed by atoms with Crippen molar-refractivity contribution < 1.29 is 0 Å². The second kappa shape index (κ2) is 8.79. The van der Waals surface area contributed by atoms with Gasteiger partial charge in [0.2, 0.25) is 0 Å². The molecule has 1 aromatic carbocycles. The maximum Gasteiger partial charge on any atom is 0.0196 e. The monoisotopic (exact) mass is 536 g/mol. The minimum Gasteiger partial charge on any atom is -0.104 e. The van der Waals surface area contributed by atoms with Crippen LogP contribution in [0.1, 0.15) is 117 Å². The first-order valence-corrected chi connectivity index (χ1v) is 18.2. The van der Waals surface area contributed by atoms with E-state index in [2.05, 4.69) is 71.9 Å². The van der Waals surface area contributed by atoms with Gasteiger partial charge in [-0.05, 0) is 138 Å². The fourth-order valence-electron chi connectivity index (χ4n) is 12.7. The molecule has 9 rings (SSSR count). The molecular formula is C35H54P2. The molecule has 6 unspecified atom stereocenters. The summed E-state index contributed by atoms with van der Waals surface area (Å²) in [6, 6.07) is 12.0. The molecule has 0 amide bonds. The predicted octanol–water partition coefficient (Wildman–Crippen LogP) is 10.5. The lowest BCUT2D eigenvalue weighted by Crippen LogP contribution is -2.56. The lowest BCUT2D eigenvalue weighted by atomic mass is 9.47. The smallest absolute Gasteiger partial charge is 0.0196 e. The van der Waals surface area contributed by atoms with Crippen LogP contribution in [-0.2, 0) is 0 Å². The second-order valence-electron chi connectivity index (χ2n) is 17.4. The highest BCUT2D eigenvalue weighted by Gasteiger charge is 2.60. The lowest BCUT2D eigenvalue weighted by molar-refractivity contribution is -0.0707. The Morgan fingerprint density at radius 2 is 0.973 bits per heavy atom. The normalized spacial score (nSPS) is 47.6. The average molecular weight is 537 g/mol. The van der Waals surface area contributed by atoms with Crippen molar-refractivity contribution in [2.24, 2.45) is 58.2 Å². The Hall–Kier alpha value is 0.0800. The van der Waals surface area contributed by atoms with Crippen molar-refractivity contribution in [3.05, 3.63) is 35.9 Å². The zero-order chi connectivity index (χ0) is 25.8. The molecule has 1 aromatic rings. The third kappa shape index (κ3) is 4.54. The fourth-order valence-corrected chi connectivity index (χ4v) is 19.1. The average Bonchev–Trinajstić information content (AvgIpc) is 2.75. The van der Waals surface area contributed by atoms with Gasteiger partial charge in [0.05, 0.1) is 0 Å². The quantitative estimate of drug-likeness (QED) is 0.328. The molecule has 204 valence electrons. The van der Waals surface area contributed by atoms with Crippen LogP contribution in [0.2, 0.25) is 0 Å². The summed E-state index contributed by atoms with van der Waals surface area (Å²) >= 11 is 0. The second-order valence-corrected chi connectivity index (χ2v) is 21.8.